The summed E-state index contributed by atoms with van der Waals surface area (Å²) in [6.45, 7) is 0.0317. The highest BCUT2D eigenvalue weighted by molar-refractivity contribution is 5.50. The molecule has 0 spiro atoms. The van der Waals surface area contributed by atoms with Gasteiger partial charge in [0.05, 0.1) is 41.0 Å². The second kappa shape index (κ2) is 9.17. The van der Waals surface area contributed by atoms with Gasteiger partial charge in [0.1, 0.15) is 11.7 Å². The van der Waals surface area contributed by atoms with Crippen molar-refractivity contribution in [2.45, 2.75) is 31.0 Å². The van der Waals surface area contributed by atoms with E-state index in [1.54, 1.807) is 0 Å². The van der Waals surface area contributed by atoms with Gasteiger partial charge in [0.15, 0.2) is 0 Å². The molecule has 2 rings (SSSR count). The number of nitrogens with zero attached hydrogens (tertiary/aromatic N) is 2. The maximum Gasteiger partial charge on any atom is 0.417 e. The van der Waals surface area contributed by atoms with E-state index in [4.69, 9.17) is 15.3 Å². The van der Waals surface area contributed by atoms with E-state index in [9.17, 15) is 36.6 Å². The van der Waals surface area contributed by atoms with Crippen LogP contribution in [-0.4, -0.2) is 29.5 Å². The molecule has 2 aromatic carbocycles. The van der Waals surface area contributed by atoms with Gasteiger partial charge < -0.3 is 14.9 Å². The van der Waals surface area contributed by atoms with Crippen LogP contribution in [0.2, 0.25) is 0 Å². The van der Waals surface area contributed by atoms with Crippen molar-refractivity contribution in [3.63, 3.8) is 0 Å². The number of aliphatic hydroxyl groups excluding tert-OH is 2. The summed E-state index contributed by atoms with van der Waals surface area (Å²) in [5.74, 6) is 0. The van der Waals surface area contributed by atoms with Crippen molar-refractivity contribution in [1.82, 2.24) is 0 Å². The first-order valence-electron chi connectivity index (χ1n) is 9.03. The molecular formula is C21H16F6N2O3. The number of rotatable bonds is 6. The van der Waals surface area contributed by atoms with Crippen LogP contribution in [-0.2, 0) is 22.7 Å². The van der Waals surface area contributed by atoms with Gasteiger partial charge in [-0.2, -0.15) is 36.9 Å². The molecule has 5 nitrogen and oxygen atoms in total. The molecule has 2 N–H and O–H groups in total. The van der Waals surface area contributed by atoms with E-state index in [1.807, 2.05) is 0 Å². The van der Waals surface area contributed by atoms with Gasteiger partial charge in [0.2, 0.25) is 0 Å². The second-order valence-electron chi connectivity index (χ2n) is 6.61. The highest BCUT2D eigenvalue weighted by atomic mass is 19.4. The molecule has 0 fully saturated rings. The fraction of sp³-hybridized carbons (Fsp3) is 0.333. The van der Waals surface area contributed by atoms with Crippen LogP contribution < -0.4 is 0 Å². The largest absolute Gasteiger partial charge is 0.417 e. The van der Waals surface area contributed by atoms with Gasteiger partial charge in [-0.3, -0.25) is 0 Å². The number of hydrogen-bond donors (Lipinski definition) is 2. The van der Waals surface area contributed by atoms with Gasteiger partial charge in [-0.1, -0.05) is 12.1 Å². The smallest absolute Gasteiger partial charge is 0.394 e. The summed E-state index contributed by atoms with van der Waals surface area (Å²) in [4.78, 5) is 0. The monoisotopic (exact) mass is 458 g/mol. The zero-order valence-electron chi connectivity index (χ0n) is 16.4. The molecule has 1 atom stereocenters. The van der Waals surface area contributed by atoms with E-state index in [0.29, 0.717) is 12.1 Å². The van der Waals surface area contributed by atoms with Crippen LogP contribution in [0.3, 0.4) is 0 Å². The van der Waals surface area contributed by atoms with Gasteiger partial charge in [-0.05, 0) is 42.3 Å². The molecule has 0 aliphatic rings. The quantitative estimate of drug-likeness (QED) is 0.636. The molecule has 0 saturated heterocycles. The van der Waals surface area contributed by atoms with Crippen LogP contribution in [0.15, 0.2) is 36.4 Å². The molecule has 0 saturated carbocycles. The topological polar surface area (TPSA) is 97.3 Å². The van der Waals surface area contributed by atoms with Gasteiger partial charge in [0, 0.05) is 6.61 Å². The molecule has 11 heteroatoms. The molecule has 0 amide bonds. The summed E-state index contributed by atoms with van der Waals surface area (Å²) in [6.07, 6.45) is -12.0. The first-order chi connectivity index (χ1) is 14.9. The number of nitriles is 2. The van der Waals surface area contributed by atoms with Gasteiger partial charge >= 0.3 is 12.4 Å². The Balaban J connectivity index is 2.96. The van der Waals surface area contributed by atoms with Crippen molar-refractivity contribution in [1.29, 1.82) is 10.5 Å². The third-order valence-corrected chi connectivity index (χ3v) is 4.76. The lowest BCUT2D eigenvalue weighted by atomic mass is 9.79. The maximum atomic E-state index is 13.5. The van der Waals surface area contributed by atoms with Crippen LogP contribution in [0.5, 0.6) is 0 Å². The number of halogens is 6. The minimum absolute atomic E-state index is 0.278. The third kappa shape index (κ3) is 4.55. The molecule has 32 heavy (non-hydrogen) atoms. The zero-order valence-corrected chi connectivity index (χ0v) is 16.4. The minimum Gasteiger partial charge on any atom is -0.394 e. The van der Waals surface area contributed by atoms with Crippen LogP contribution in [0, 0.1) is 22.7 Å². The lowest BCUT2D eigenvalue weighted by Crippen LogP contribution is -2.46. The van der Waals surface area contributed by atoms with E-state index in [2.05, 4.69) is 0 Å². The van der Waals surface area contributed by atoms with Crippen molar-refractivity contribution >= 4 is 0 Å². The van der Waals surface area contributed by atoms with Crippen LogP contribution in [0.1, 0.15) is 40.3 Å². The molecule has 2 aromatic rings. The number of ether oxygens (including phenoxy) is 1. The average Bonchev–Trinajstić information content (AvgIpc) is 2.74. The van der Waals surface area contributed by atoms with E-state index >= 15 is 0 Å². The first-order valence-corrected chi connectivity index (χ1v) is 9.03. The normalized spacial score (nSPS) is 13.3. The Morgan fingerprint density at radius 2 is 1.28 bits per heavy atom. The highest BCUT2D eigenvalue weighted by Crippen LogP contribution is 2.43. The third-order valence-electron chi connectivity index (χ3n) is 4.76. The predicted octanol–water partition coefficient (Wildman–Crippen LogP) is 4.10. The molecule has 0 aromatic heterocycles. The molecule has 170 valence electrons. The van der Waals surface area contributed by atoms with Gasteiger partial charge in [-0.15, -0.1) is 0 Å². The molecule has 0 radical (unpaired) electrons. The number of benzene rings is 2. The Morgan fingerprint density at radius 1 is 0.875 bits per heavy atom. The van der Waals surface area contributed by atoms with E-state index in [1.165, 1.54) is 19.1 Å². The van der Waals surface area contributed by atoms with Gasteiger partial charge in [0.25, 0.3) is 0 Å². The summed E-state index contributed by atoms with van der Waals surface area (Å²) in [5.41, 5.74) is -7.53. The lowest BCUT2D eigenvalue weighted by Gasteiger charge is -2.39. The van der Waals surface area contributed by atoms with Crippen molar-refractivity contribution in [3.8, 4) is 12.1 Å². The molecular weight excluding hydrogens is 442 g/mol. The Labute approximate surface area is 178 Å². The molecule has 0 aliphatic heterocycles. The fourth-order valence-electron chi connectivity index (χ4n) is 3.39. The van der Waals surface area contributed by atoms with E-state index in [0.717, 1.165) is 24.3 Å². The molecule has 0 heterocycles. The summed E-state index contributed by atoms with van der Waals surface area (Å²) in [7, 11) is 0. The Kier molecular flexibility index (Phi) is 7.20. The SMILES string of the molecule is CCOC(c1ccc(C#N)c(C(F)(F)F)c1)(c1ccc(C#N)c(C(F)(F)F)c1)C(O)CO. The van der Waals surface area contributed by atoms with Crippen LogP contribution in [0.25, 0.3) is 0 Å². The van der Waals surface area contributed by atoms with Crippen molar-refractivity contribution in [3.05, 3.63) is 69.8 Å². The van der Waals surface area contributed by atoms with E-state index < -0.39 is 64.0 Å². The summed E-state index contributed by atoms with van der Waals surface area (Å²) in [6, 6.07) is 7.31. The lowest BCUT2D eigenvalue weighted by molar-refractivity contribution is -0.138. The summed E-state index contributed by atoms with van der Waals surface area (Å²) >= 11 is 0. The average molecular weight is 458 g/mol. The number of aliphatic hydroxyl groups is 2. The molecule has 1 unspecified atom stereocenters. The van der Waals surface area contributed by atoms with Crippen molar-refractivity contribution in [2.75, 3.05) is 13.2 Å². The van der Waals surface area contributed by atoms with Crippen molar-refractivity contribution in [2.24, 2.45) is 0 Å². The standard InChI is InChI=1S/C21H16F6N2O3/c1-2-32-19(18(31)11-30,14-5-3-12(9-28)16(7-14)20(22,23)24)15-6-4-13(10-29)17(8-15)21(25,26)27/h3-8,18,30-31H,2,11H2,1H3. The Hall–Kier alpha value is -3.12. The Bertz CT molecular complexity index is 992. The highest BCUT2D eigenvalue weighted by Gasteiger charge is 2.46. The Morgan fingerprint density at radius 3 is 1.56 bits per heavy atom. The van der Waals surface area contributed by atoms with Crippen LogP contribution >= 0.6 is 0 Å². The summed E-state index contributed by atoms with van der Waals surface area (Å²) in [5, 5.41) is 38.2. The van der Waals surface area contributed by atoms with Gasteiger partial charge in [-0.25, -0.2) is 0 Å². The first kappa shape index (κ1) is 25.1. The van der Waals surface area contributed by atoms with Crippen LogP contribution in [0.4, 0.5) is 26.3 Å². The van der Waals surface area contributed by atoms with E-state index in [-0.39, 0.29) is 6.61 Å². The maximum absolute atomic E-state index is 13.5. The molecule has 0 aliphatic carbocycles. The number of alkyl halides is 6. The predicted molar refractivity (Wildman–Crippen MR) is 97.8 cm³/mol. The number of hydrogen-bond acceptors (Lipinski definition) is 5. The zero-order chi connectivity index (χ0) is 24.3. The van der Waals surface area contributed by atoms with Crippen molar-refractivity contribution < 1.29 is 41.3 Å². The summed E-state index contributed by atoms with van der Waals surface area (Å²) < 4.78 is 86.6. The fourth-order valence-corrected chi connectivity index (χ4v) is 3.39. The minimum atomic E-state index is -5.00. The molecule has 0 bridgehead atoms. The second-order valence-corrected chi connectivity index (χ2v) is 6.61.